The molecule has 0 aromatic heterocycles. The van der Waals surface area contributed by atoms with Gasteiger partial charge >= 0.3 is 0 Å². The van der Waals surface area contributed by atoms with Crippen LogP contribution in [0.5, 0.6) is 5.75 Å². The lowest BCUT2D eigenvalue weighted by molar-refractivity contribution is -0.137. The number of rotatable bonds is 6. The van der Waals surface area contributed by atoms with Gasteiger partial charge in [-0.25, -0.2) is 0 Å². The molecule has 1 heterocycles. The number of hydrogen-bond acceptors (Lipinski definition) is 4. The highest BCUT2D eigenvalue weighted by Gasteiger charge is 2.29. The van der Waals surface area contributed by atoms with Crippen LogP contribution in [0, 0.1) is 5.92 Å². The van der Waals surface area contributed by atoms with Crippen LogP contribution in [0.4, 0.5) is 0 Å². The molecule has 6 heteroatoms. The molecule has 1 saturated heterocycles. The first-order chi connectivity index (χ1) is 12.1. The van der Waals surface area contributed by atoms with Gasteiger partial charge in [-0.15, -0.1) is 0 Å². The van der Waals surface area contributed by atoms with Gasteiger partial charge < -0.3 is 14.7 Å². The number of aliphatic hydroxyl groups is 1. The van der Waals surface area contributed by atoms with E-state index in [0.29, 0.717) is 23.2 Å². The Morgan fingerprint density at radius 3 is 2.44 bits per heavy atom. The van der Waals surface area contributed by atoms with Crippen LogP contribution in [0.15, 0.2) is 24.3 Å². The van der Waals surface area contributed by atoms with Crippen molar-refractivity contribution in [3.8, 4) is 5.75 Å². The maximum atomic E-state index is 12.4. The highest BCUT2D eigenvalue weighted by atomic mass is 35.5. The molecular weight excluding hydrogens is 340 g/mol. The summed E-state index contributed by atoms with van der Waals surface area (Å²) in [5.74, 6) is 1.30. The van der Waals surface area contributed by atoms with Gasteiger partial charge in [0, 0.05) is 43.7 Å². The van der Waals surface area contributed by atoms with Gasteiger partial charge in [0.2, 0.25) is 5.91 Å². The zero-order chi connectivity index (χ0) is 17.6. The number of ether oxygens (including phenoxy) is 1. The van der Waals surface area contributed by atoms with E-state index in [9.17, 15) is 9.90 Å². The van der Waals surface area contributed by atoms with Crippen molar-refractivity contribution in [2.45, 2.75) is 31.8 Å². The minimum atomic E-state index is -0.548. The molecule has 138 valence electrons. The predicted octanol–water partition coefficient (Wildman–Crippen LogP) is 2.41. The maximum absolute atomic E-state index is 12.4. The Labute approximate surface area is 154 Å². The van der Waals surface area contributed by atoms with Gasteiger partial charge in [0.15, 0.2) is 0 Å². The quantitative estimate of drug-likeness (QED) is 0.840. The van der Waals surface area contributed by atoms with Crippen molar-refractivity contribution in [1.82, 2.24) is 9.80 Å². The van der Waals surface area contributed by atoms with Crippen LogP contribution < -0.4 is 4.74 Å². The van der Waals surface area contributed by atoms with Crippen LogP contribution >= 0.6 is 11.6 Å². The monoisotopic (exact) mass is 366 g/mol. The van der Waals surface area contributed by atoms with Gasteiger partial charge in [0.05, 0.1) is 0 Å². The summed E-state index contributed by atoms with van der Waals surface area (Å²) in [5, 5.41) is 10.9. The average Bonchev–Trinajstić information content (AvgIpc) is 3.16. The normalized spacial score (nSPS) is 20.6. The maximum Gasteiger partial charge on any atom is 0.225 e. The first-order valence-corrected chi connectivity index (χ1v) is 9.57. The Morgan fingerprint density at radius 1 is 1.16 bits per heavy atom. The number of nitrogens with zero attached hydrogens (tertiary/aromatic N) is 2. The molecule has 2 aliphatic rings. The molecule has 1 amide bonds. The molecule has 1 aromatic carbocycles. The second kappa shape index (κ2) is 8.88. The minimum absolute atomic E-state index is 0.253. The molecule has 5 nitrogen and oxygen atoms in total. The first-order valence-electron chi connectivity index (χ1n) is 9.19. The van der Waals surface area contributed by atoms with Crippen molar-refractivity contribution in [3.63, 3.8) is 0 Å². The number of β-amino-alcohol motifs (C(OH)–C–C–N with tert-alkyl or cyclic N) is 1. The van der Waals surface area contributed by atoms with Crippen LogP contribution in [0.1, 0.15) is 25.7 Å². The molecule has 2 fully saturated rings. The van der Waals surface area contributed by atoms with E-state index in [1.165, 1.54) is 12.8 Å². The fourth-order valence-electron chi connectivity index (χ4n) is 3.66. The standard InChI is InChI=1S/C19H27ClN2O3/c20-16-5-7-18(8-6-16)25-14-17(23)13-21-9-11-22(12-10-21)19(24)15-3-1-2-4-15/h5-8,15,17,23H,1-4,9-14H2. The van der Waals surface area contributed by atoms with Gasteiger partial charge in [-0.05, 0) is 37.1 Å². The Morgan fingerprint density at radius 2 is 1.80 bits per heavy atom. The summed E-state index contributed by atoms with van der Waals surface area (Å²) < 4.78 is 5.59. The highest BCUT2D eigenvalue weighted by molar-refractivity contribution is 6.30. The SMILES string of the molecule is O=C(C1CCCC1)N1CCN(CC(O)COc2ccc(Cl)cc2)CC1. The lowest BCUT2D eigenvalue weighted by atomic mass is 10.1. The number of amides is 1. The zero-order valence-electron chi connectivity index (χ0n) is 14.6. The summed E-state index contributed by atoms with van der Waals surface area (Å²) in [5.41, 5.74) is 0. The number of hydrogen-bond donors (Lipinski definition) is 1. The lowest BCUT2D eigenvalue weighted by Crippen LogP contribution is -2.52. The van der Waals surface area contributed by atoms with Crippen molar-refractivity contribution in [2.75, 3.05) is 39.3 Å². The Kier molecular flexibility index (Phi) is 6.57. The Bertz CT molecular complexity index is 552. The van der Waals surface area contributed by atoms with E-state index in [1.54, 1.807) is 24.3 Å². The van der Waals surface area contributed by atoms with Crippen molar-refractivity contribution in [1.29, 1.82) is 0 Å². The largest absolute Gasteiger partial charge is 0.491 e. The van der Waals surface area contributed by atoms with E-state index in [1.807, 2.05) is 4.90 Å². The third-order valence-corrected chi connectivity index (χ3v) is 5.37. The summed E-state index contributed by atoms with van der Waals surface area (Å²) >= 11 is 5.84. The summed E-state index contributed by atoms with van der Waals surface area (Å²) in [4.78, 5) is 16.6. The first kappa shape index (κ1) is 18.5. The molecule has 1 unspecified atom stereocenters. The predicted molar refractivity (Wildman–Crippen MR) is 97.9 cm³/mol. The van der Waals surface area contributed by atoms with Crippen molar-refractivity contribution < 1.29 is 14.6 Å². The number of carbonyl (C=O) groups excluding carboxylic acids is 1. The van der Waals surface area contributed by atoms with Crippen LogP contribution in [-0.2, 0) is 4.79 Å². The highest BCUT2D eigenvalue weighted by Crippen LogP contribution is 2.27. The second-order valence-electron chi connectivity index (χ2n) is 7.03. The lowest BCUT2D eigenvalue weighted by Gasteiger charge is -2.36. The smallest absolute Gasteiger partial charge is 0.225 e. The molecule has 1 aromatic rings. The van der Waals surface area contributed by atoms with Gasteiger partial charge in [-0.3, -0.25) is 9.69 Å². The molecule has 1 N–H and O–H groups in total. The average molecular weight is 367 g/mol. The van der Waals surface area contributed by atoms with E-state index < -0.39 is 6.10 Å². The number of halogens is 1. The van der Waals surface area contributed by atoms with E-state index in [2.05, 4.69) is 4.90 Å². The van der Waals surface area contributed by atoms with Gasteiger partial charge in [0.1, 0.15) is 18.5 Å². The summed E-state index contributed by atoms with van der Waals surface area (Å²) in [7, 11) is 0. The Balaban J connectivity index is 1.36. The molecule has 1 atom stereocenters. The van der Waals surface area contributed by atoms with Gasteiger partial charge in [-0.2, -0.15) is 0 Å². The minimum Gasteiger partial charge on any atom is -0.491 e. The molecule has 0 radical (unpaired) electrons. The van der Waals surface area contributed by atoms with Gasteiger partial charge in [-0.1, -0.05) is 24.4 Å². The molecule has 1 saturated carbocycles. The van der Waals surface area contributed by atoms with Gasteiger partial charge in [0.25, 0.3) is 0 Å². The molecule has 25 heavy (non-hydrogen) atoms. The van der Waals surface area contributed by atoms with Crippen LogP contribution in [0.3, 0.4) is 0 Å². The van der Waals surface area contributed by atoms with E-state index >= 15 is 0 Å². The van der Waals surface area contributed by atoms with E-state index in [0.717, 1.165) is 39.0 Å². The van der Waals surface area contributed by atoms with Crippen LogP contribution in [0.2, 0.25) is 5.02 Å². The summed E-state index contributed by atoms with van der Waals surface area (Å²) in [6, 6.07) is 7.12. The zero-order valence-corrected chi connectivity index (χ0v) is 15.3. The third-order valence-electron chi connectivity index (χ3n) is 5.11. The number of benzene rings is 1. The number of aliphatic hydroxyl groups excluding tert-OH is 1. The van der Waals surface area contributed by atoms with Crippen molar-refractivity contribution >= 4 is 17.5 Å². The topological polar surface area (TPSA) is 53.0 Å². The van der Waals surface area contributed by atoms with Crippen molar-refractivity contribution in [3.05, 3.63) is 29.3 Å². The molecule has 1 aliphatic carbocycles. The molecule has 0 bridgehead atoms. The molecular formula is C19H27ClN2O3. The third kappa shape index (κ3) is 5.33. The fourth-order valence-corrected chi connectivity index (χ4v) is 3.78. The second-order valence-corrected chi connectivity index (χ2v) is 7.46. The number of piperazine rings is 1. The fraction of sp³-hybridized carbons (Fsp3) is 0.632. The van der Waals surface area contributed by atoms with Crippen LogP contribution in [0.25, 0.3) is 0 Å². The van der Waals surface area contributed by atoms with E-state index in [-0.39, 0.29) is 12.5 Å². The molecule has 0 spiro atoms. The summed E-state index contributed by atoms with van der Waals surface area (Å²) in [6.45, 7) is 3.98. The van der Waals surface area contributed by atoms with Crippen LogP contribution in [-0.4, -0.2) is 66.2 Å². The number of carbonyl (C=O) groups is 1. The Hall–Kier alpha value is -1.30. The summed E-state index contributed by atoms with van der Waals surface area (Å²) in [6.07, 6.45) is 3.94. The molecule has 1 aliphatic heterocycles. The van der Waals surface area contributed by atoms with Crippen molar-refractivity contribution in [2.24, 2.45) is 5.92 Å². The molecule has 3 rings (SSSR count). The van der Waals surface area contributed by atoms with E-state index in [4.69, 9.17) is 16.3 Å².